The molecule has 0 bridgehead atoms. The van der Waals surface area contributed by atoms with Gasteiger partial charge in [0, 0.05) is 11.3 Å². The number of aryl methyl sites for hydroxylation is 4. The lowest BCUT2D eigenvalue weighted by Crippen LogP contribution is -2.14. The highest BCUT2D eigenvalue weighted by Gasteiger charge is 2.11. The predicted octanol–water partition coefficient (Wildman–Crippen LogP) is 3.57. The van der Waals surface area contributed by atoms with E-state index in [1.54, 1.807) is 0 Å². The molecule has 3 nitrogen and oxygen atoms in total. The molecule has 19 heavy (non-hydrogen) atoms. The van der Waals surface area contributed by atoms with E-state index in [0.717, 1.165) is 28.2 Å². The van der Waals surface area contributed by atoms with E-state index in [1.165, 1.54) is 0 Å². The van der Waals surface area contributed by atoms with E-state index in [-0.39, 0.29) is 5.91 Å². The maximum Gasteiger partial charge on any atom is 0.255 e. The number of nitrogens with one attached hydrogen (secondary N) is 1. The summed E-state index contributed by atoms with van der Waals surface area (Å²) in [4.78, 5) is 16.6. The lowest BCUT2D eigenvalue weighted by Gasteiger charge is -2.12. The molecular weight excluding hydrogens is 236 g/mol. The van der Waals surface area contributed by atoms with Gasteiger partial charge < -0.3 is 5.32 Å². The zero-order valence-electron chi connectivity index (χ0n) is 11.7. The molecule has 0 saturated carbocycles. The number of rotatable bonds is 2. The van der Waals surface area contributed by atoms with Crippen LogP contribution in [0.4, 0.5) is 5.69 Å². The summed E-state index contributed by atoms with van der Waals surface area (Å²) in [7, 11) is 0. The molecular formula is C16H18N2O. The van der Waals surface area contributed by atoms with Gasteiger partial charge in [0.15, 0.2) is 0 Å². The van der Waals surface area contributed by atoms with Crippen molar-refractivity contribution in [3.63, 3.8) is 0 Å². The van der Waals surface area contributed by atoms with Crippen LogP contribution >= 0.6 is 0 Å². The fourth-order valence-electron chi connectivity index (χ4n) is 2.18. The minimum Gasteiger partial charge on any atom is -0.320 e. The lowest BCUT2D eigenvalue weighted by molar-refractivity contribution is 0.102. The third-order valence-corrected chi connectivity index (χ3v) is 3.04. The number of benzene rings is 1. The Morgan fingerprint density at radius 3 is 2.47 bits per heavy atom. The van der Waals surface area contributed by atoms with Gasteiger partial charge in [-0.1, -0.05) is 17.7 Å². The van der Waals surface area contributed by atoms with E-state index in [9.17, 15) is 4.79 Å². The second kappa shape index (κ2) is 5.22. The van der Waals surface area contributed by atoms with Crippen molar-refractivity contribution in [2.75, 3.05) is 5.32 Å². The van der Waals surface area contributed by atoms with Crippen LogP contribution in [-0.2, 0) is 0 Å². The molecule has 0 unspecified atom stereocenters. The van der Waals surface area contributed by atoms with Crippen molar-refractivity contribution in [2.24, 2.45) is 0 Å². The van der Waals surface area contributed by atoms with Crippen LogP contribution in [0.5, 0.6) is 0 Å². The van der Waals surface area contributed by atoms with Gasteiger partial charge in [-0.25, -0.2) is 0 Å². The molecule has 98 valence electrons. The van der Waals surface area contributed by atoms with Crippen LogP contribution < -0.4 is 5.32 Å². The molecule has 1 aromatic carbocycles. The van der Waals surface area contributed by atoms with Crippen molar-refractivity contribution in [3.8, 4) is 0 Å². The molecule has 0 spiro atoms. The Labute approximate surface area is 113 Å². The molecule has 0 saturated heterocycles. The number of amides is 1. The van der Waals surface area contributed by atoms with Crippen LogP contribution in [0.3, 0.4) is 0 Å². The Balaban J connectivity index is 2.29. The first-order valence-electron chi connectivity index (χ1n) is 6.30. The Hall–Kier alpha value is -2.16. The third kappa shape index (κ3) is 2.99. The second-order valence-corrected chi connectivity index (χ2v) is 4.86. The van der Waals surface area contributed by atoms with Crippen molar-refractivity contribution >= 4 is 11.6 Å². The zero-order chi connectivity index (χ0) is 14.0. The molecule has 2 rings (SSSR count). The topological polar surface area (TPSA) is 42.0 Å². The smallest absolute Gasteiger partial charge is 0.255 e. The maximum atomic E-state index is 12.2. The van der Waals surface area contributed by atoms with Gasteiger partial charge in [-0.05, 0) is 51.5 Å². The van der Waals surface area contributed by atoms with Gasteiger partial charge in [0.1, 0.15) is 0 Å². The molecule has 1 heterocycles. The van der Waals surface area contributed by atoms with Crippen LogP contribution in [0.15, 0.2) is 30.3 Å². The number of hydrogen-bond donors (Lipinski definition) is 1. The molecule has 0 atom stereocenters. The summed E-state index contributed by atoms with van der Waals surface area (Å²) >= 11 is 0. The summed E-state index contributed by atoms with van der Waals surface area (Å²) in [5, 5.41) is 2.95. The molecule has 0 aliphatic carbocycles. The minimum atomic E-state index is -0.0967. The quantitative estimate of drug-likeness (QED) is 0.890. The third-order valence-electron chi connectivity index (χ3n) is 3.04. The Kier molecular flexibility index (Phi) is 3.65. The van der Waals surface area contributed by atoms with E-state index in [1.807, 2.05) is 58.0 Å². The number of pyridine rings is 1. The Morgan fingerprint density at radius 1 is 1.11 bits per heavy atom. The van der Waals surface area contributed by atoms with E-state index < -0.39 is 0 Å². The number of anilines is 1. The average molecular weight is 254 g/mol. The van der Waals surface area contributed by atoms with E-state index in [0.29, 0.717) is 5.56 Å². The van der Waals surface area contributed by atoms with E-state index in [4.69, 9.17) is 0 Å². The Morgan fingerprint density at radius 2 is 1.84 bits per heavy atom. The standard InChI is InChI=1S/C16H18N2O/c1-10-6-5-7-14(8-10)16(19)18-15-11(2)9-12(3)17-13(15)4/h5-9H,1-4H3,(H,18,19). The normalized spacial score (nSPS) is 10.3. The molecule has 0 aliphatic heterocycles. The fraction of sp³-hybridized carbons (Fsp3) is 0.250. The lowest BCUT2D eigenvalue weighted by atomic mass is 10.1. The highest BCUT2D eigenvalue weighted by Crippen LogP contribution is 2.20. The molecule has 0 radical (unpaired) electrons. The molecule has 1 aromatic heterocycles. The van der Waals surface area contributed by atoms with Crippen LogP contribution in [-0.4, -0.2) is 10.9 Å². The van der Waals surface area contributed by atoms with Gasteiger partial charge in [0.25, 0.3) is 5.91 Å². The van der Waals surface area contributed by atoms with Gasteiger partial charge in [0.05, 0.1) is 11.4 Å². The number of carbonyl (C=O) groups excluding carboxylic acids is 1. The van der Waals surface area contributed by atoms with Crippen molar-refractivity contribution in [1.29, 1.82) is 0 Å². The van der Waals surface area contributed by atoms with Gasteiger partial charge in [-0.2, -0.15) is 0 Å². The molecule has 0 aliphatic rings. The molecule has 1 amide bonds. The monoisotopic (exact) mass is 254 g/mol. The molecule has 0 fully saturated rings. The number of hydrogen-bond acceptors (Lipinski definition) is 2. The summed E-state index contributed by atoms with van der Waals surface area (Å²) in [6, 6.07) is 9.52. The SMILES string of the molecule is Cc1cccc(C(=O)Nc2c(C)cc(C)nc2C)c1. The molecule has 3 heteroatoms. The van der Waals surface area contributed by atoms with Gasteiger partial charge in [0.2, 0.25) is 0 Å². The summed E-state index contributed by atoms with van der Waals surface area (Å²) in [6.45, 7) is 7.81. The first-order valence-corrected chi connectivity index (χ1v) is 6.30. The van der Waals surface area contributed by atoms with Gasteiger partial charge in [-0.15, -0.1) is 0 Å². The van der Waals surface area contributed by atoms with Gasteiger partial charge in [-0.3, -0.25) is 9.78 Å². The van der Waals surface area contributed by atoms with Crippen molar-refractivity contribution in [3.05, 3.63) is 58.4 Å². The van der Waals surface area contributed by atoms with Crippen LogP contribution in [0.25, 0.3) is 0 Å². The first kappa shape index (κ1) is 13.3. The van der Waals surface area contributed by atoms with Crippen molar-refractivity contribution in [1.82, 2.24) is 4.98 Å². The van der Waals surface area contributed by atoms with Crippen LogP contribution in [0.2, 0.25) is 0 Å². The van der Waals surface area contributed by atoms with Crippen LogP contribution in [0, 0.1) is 27.7 Å². The largest absolute Gasteiger partial charge is 0.320 e. The fourth-order valence-corrected chi connectivity index (χ4v) is 2.18. The summed E-state index contributed by atoms with van der Waals surface area (Å²) < 4.78 is 0. The zero-order valence-corrected chi connectivity index (χ0v) is 11.7. The summed E-state index contributed by atoms with van der Waals surface area (Å²) in [6.07, 6.45) is 0. The van der Waals surface area contributed by atoms with E-state index >= 15 is 0 Å². The molecule has 1 N–H and O–H groups in total. The Bertz CT molecular complexity index is 609. The highest BCUT2D eigenvalue weighted by molar-refractivity contribution is 6.05. The van der Waals surface area contributed by atoms with Crippen LogP contribution in [0.1, 0.15) is 32.9 Å². The van der Waals surface area contributed by atoms with Crippen molar-refractivity contribution < 1.29 is 4.79 Å². The maximum absolute atomic E-state index is 12.2. The number of nitrogens with zero attached hydrogens (tertiary/aromatic N) is 1. The highest BCUT2D eigenvalue weighted by atomic mass is 16.1. The summed E-state index contributed by atoms with van der Waals surface area (Å²) in [5.41, 5.74) is 5.38. The average Bonchev–Trinajstić information content (AvgIpc) is 2.33. The second-order valence-electron chi connectivity index (χ2n) is 4.86. The summed E-state index contributed by atoms with van der Waals surface area (Å²) in [5.74, 6) is -0.0967. The predicted molar refractivity (Wildman–Crippen MR) is 77.6 cm³/mol. The molecule has 2 aromatic rings. The number of aromatic nitrogens is 1. The number of carbonyl (C=O) groups is 1. The minimum absolute atomic E-state index is 0.0967. The first-order chi connectivity index (χ1) is 8.97. The van der Waals surface area contributed by atoms with Crippen molar-refractivity contribution in [2.45, 2.75) is 27.7 Å². The van der Waals surface area contributed by atoms with Gasteiger partial charge >= 0.3 is 0 Å². The van der Waals surface area contributed by atoms with E-state index in [2.05, 4.69) is 10.3 Å².